The van der Waals surface area contributed by atoms with Crippen LogP contribution in [0.25, 0.3) is 0 Å². The van der Waals surface area contributed by atoms with E-state index in [0.717, 1.165) is 5.71 Å². The number of benzene rings is 1. The topological polar surface area (TPSA) is 74.7 Å². The first kappa shape index (κ1) is 12.8. The Labute approximate surface area is 107 Å². The number of guanidine groups is 1. The smallest absolute Gasteiger partial charge is 0.209 e. The highest BCUT2D eigenvalue weighted by Gasteiger charge is 2.27. The van der Waals surface area contributed by atoms with Crippen LogP contribution in [0.1, 0.15) is 12.5 Å². The van der Waals surface area contributed by atoms with Crippen molar-refractivity contribution in [1.29, 1.82) is 5.41 Å². The van der Waals surface area contributed by atoms with Crippen LogP contribution in [0.2, 0.25) is 0 Å². The third-order valence-electron chi connectivity index (χ3n) is 2.77. The summed E-state index contributed by atoms with van der Waals surface area (Å²) in [5.74, 6) is 0.0208. The van der Waals surface area contributed by atoms with Gasteiger partial charge in [0.15, 0.2) is 0 Å². The quantitative estimate of drug-likeness (QED) is 0.485. The van der Waals surface area contributed by atoms with Gasteiger partial charge < -0.3 is 10.3 Å². The Kier molecular flexibility index (Phi) is 3.48. The van der Waals surface area contributed by atoms with Crippen molar-refractivity contribution in [1.82, 2.24) is 5.01 Å². The molecule has 96 valence electrons. The average molecular weight is 268 g/mol. The summed E-state index contributed by atoms with van der Waals surface area (Å²) in [5.41, 5.74) is 6.85. The number of nitrogens with one attached hydrogen (secondary N) is 1. The highest BCUT2D eigenvalue weighted by Crippen LogP contribution is 2.28. The molecule has 2 unspecified atom stereocenters. The van der Waals surface area contributed by atoms with Crippen LogP contribution in [0.3, 0.4) is 0 Å². The van der Waals surface area contributed by atoms with Gasteiger partial charge in [0.05, 0.1) is 21.7 Å². The third-order valence-corrected chi connectivity index (χ3v) is 3.02. The van der Waals surface area contributed by atoms with Crippen molar-refractivity contribution in [2.24, 2.45) is 16.8 Å². The maximum atomic E-state index is 13.1. The molecule has 1 aliphatic rings. The summed E-state index contributed by atoms with van der Waals surface area (Å²) in [6, 6.07) is 4.27. The molecule has 0 aliphatic carbocycles. The molecule has 1 heterocycles. The van der Waals surface area contributed by atoms with Crippen LogP contribution >= 0.6 is 9.47 Å². The van der Waals surface area contributed by atoms with Crippen molar-refractivity contribution in [3.05, 3.63) is 29.6 Å². The maximum absolute atomic E-state index is 13.1. The van der Waals surface area contributed by atoms with E-state index in [0.29, 0.717) is 17.9 Å². The van der Waals surface area contributed by atoms with Crippen LogP contribution in [0, 0.1) is 17.1 Å². The van der Waals surface area contributed by atoms with Gasteiger partial charge in [-0.15, -0.1) is 0 Å². The molecule has 1 aromatic rings. The lowest BCUT2D eigenvalue weighted by molar-refractivity contribution is 0.448. The van der Waals surface area contributed by atoms with Crippen molar-refractivity contribution in [3.8, 4) is 5.75 Å². The minimum Gasteiger partial charge on any atom is -0.480 e. The van der Waals surface area contributed by atoms with Crippen molar-refractivity contribution < 1.29 is 8.91 Å². The summed E-state index contributed by atoms with van der Waals surface area (Å²) in [6.07, 6.45) is 0. The van der Waals surface area contributed by atoms with Crippen LogP contribution in [-0.4, -0.2) is 23.2 Å². The molecule has 0 radical (unpaired) electrons. The minimum atomic E-state index is -0.370. The lowest BCUT2D eigenvalue weighted by atomic mass is 9.98. The van der Waals surface area contributed by atoms with E-state index in [9.17, 15) is 4.39 Å². The van der Waals surface area contributed by atoms with Gasteiger partial charge in [0, 0.05) is 17.5 Å². The van der Waals surface area contributed by atoms with E-state index in [-0.39, 0.29) is 17.7 Å². The van der Waals surface area contributed by atoms with Crippen LogP contribution < -0.4 is 10.3 Å². The van der Waals surface area contributed by atoms with E-state index in [1.165, 1.54) is 17.1 Å². The molecular formula is C11H14FN4OP. The number of nitrogens with two attached hydrogens (primary N) is 1. The van der Waals surface area contributed by atoms with Gasteiger partial charge in [0.1, 0.15) is 11.6 Å². The molecule has 2 rings (SSSR count). The largest absolute Gasteiger partial charge is 0.480 e. The Morgan fingerprint density at radius 1 is 1.67 bits per heavy atom. The molecule has 3 N–H and O–H groups in total. The van der Waals surface area contributed by atoms with E-state index in [1.807, 2.05) is 6.92 Å². The number of rotatable bonds is 2. The molecule has 1 aromatic carbocycles. The Morgan fingerprint density at radius 3 is 2.94 bits per heavy atom. The molecule has 0 spiro atoms. The fraction of sp³-hybridized carbons (Fsp3) is 0.273. The van der Waals surface area contributed by atoms with E-state index in [1.54, 1.807) is 6.07 Å². The zero-order valence-corrected chi connectivity index (χ0v) is 11.0. The van der Waals surface area contributed by atoms with Crippen molar-refractivity contribution in [3.63, 3.8) is 0 Å². The second-order valence-electron chi connectivity index (χ2n) is 4.11. The van der Waals surface area contributed by atoms with Crippen molar-refractivity contribution in [2.45, 2.75) is 6.92 Å². The first-order chi connectivity index (χ1) is 8.52. The zero-order valence-electron chi connectivity index (χ0n) is 9.85. The highest BCUT2D eigenvalue weighted by molar-refractivity contribution is 7.10. The van der Waals surface area contributed by atoms with E-state index in [2.05, 4.69) is 14.6 Å². The number of hydrogen-bond acceptors (Lipinski definition) is 3. The zero-order chi connectivity index (χ0) is 13.3. The van der Waals surface area contributed by atoms with E-state index >= 15 is 0 Å². The van der Waals surface area contributed by atoms with Gasteiger partial charge in [-0.3, -0.25) is 5.41 Å². The summed E-state index contributed by atoms with van der Waals surface area (Å²) < 4.78 is 18.2. The van der Waals surface area contributed by atoms with Crippen LogP contribution in [0.5, 0.6) is 5.75 Å². The molecule has 18 heavy (non-hydrogen) atoms. The second-order valence-corrected chi connectivity index (χ2v) is 4.35. The first-order valence-corrected chi connectivity index (χ1v) is 5.86. The molecule has 5 nitrogen and oxygen atoms in total. The van der Waals surface area contributed by atoms with Crippen LogP contribution in [-0.2, 0) is 0 Å². The maximum Gasteiger partial charge on any atom is 0.209 e. The van der Waals surface area contributed by atoms with Gasteiger partial charge >= 0.3 is 0 Å². The predicted molar refractivity (Wildman–Crippen MR) is 71.1 cm³/mol. The van der Waals surface area contributed by atoms with Gasteiger partial charge in [-0.2, -0.15) is 5.10 Å². The molecule has 0 amide bonds. The fourth-order valence-corrected chi connectivity index (χ4v) is 2.09. The van der Waals surface area contributed by atoms with Gasteiger partial charge in [0.2, 0.25) is 5.96 Å². The summed E-state index contributed by atoms with van der Waals surface area (Å²) in [6.45, 7) is 2.51. The summed E-state index contributed by atoms with van der Waals surface area (Å²) >= 11 is 0. The Balaban J connectivity index is 2.42. The van der Waals surface area contributed by atoms with E-state index in [4.69, 9.17) is 15.7 Å². The molecule has 0 saturated heterocycles. The Bertz CT molecular complexity index is 520. The molecule has 0 aromatic heterocycles. The number of halogens is 1. The molecule has 1 aliphatic heterocycles. The van der Waals surface area contributed by atoms with Crippen molar-refractivity contribution >= 4 is 21.1 Å². The van der Waals surface area contributed by atoms with E-state index < -0.39 is 0 Å². The fourth-order valence-electron chi connectivity index (χ4n) is 1.89. The van der Waals surface area contributed by atoms with Crippen LogP contribution in [0.15, 0.2) is 23.3 Å². The number of nitrogens with zero attached hydrogens (tertiary/aromatic N) is 2. The summed E-state index contributed by atoms with van der Waals surface area (Å²) in [5, 5.41) is 13.0. The molecule has 7 heteroatoms. The number of hydrazone groups is 1. The van der Waals surface area contributed by atoms with Crippen molar-refractivity contribution in [2.75, 3.05) is 6.54 Å². The minimum absolute atomic E-state index is 0.0956. The van der Waals surface area contributed by atoms with Crippen LogP contribution in [0.4, 0.5) is 4.39 Å². The summed E-state index contributed by atoms with van der Waals surface area (Å²) in [4.78, 5) is 0. The highest BCUT2D eigenvalue weighted by atomic mass is 31.0. The molecular weight excluding hydrogens is 254 g/mol. The van der Waals surface area contributed by atoms with Gasteiger partial charge in [0.25, 0.3) is 0 Å². The summed E-state index contributed by atoms with van der Waals surface area (Å²) in [7, 11) is 2.09. The molecule has 0 saturated carbocycles. The first-order valence-electron chi connectivity index (χ1n) is 5.39. The SMILES string of the molecule is CC1CN(C(=N)N)N=C1c1ccc(F)cc1OP. The average Bonchev–Trinajstić information content (AvgIpc) is 2.71. The standard InChI is InChI=1S/C11H14FN4OP/c1-6-5-16(11(13)14)15-10(6)8-3-2-7(12)4-9(8)17-18/h2-4,6H,5,18H2,1H3,(H3,13,14). The predicted octanol–water partition coefficient (Wildman–Crippen LogP) is 1.54. The van der Waals surface area contributed by atoms with Gasteiger partial charge in [-0.1, -0.05) is 6.92 Å². The lowest BCUT2D eigenvalue weighted by Crippen LogP contribution is -2.31. The Morgan fingerprint density at radius 2 is 2.39 bits per heavy atom. The molecule has 0 fully saturated rings. The molecule has 2 atom stereocenters. The third kappa shape index (κ3) is 2.29. The monoisotopic (exact) mass is 268 g/mol. The number of hydrogen-bond donors (Lipinski definition) is 2. The molecule has 0 bridgehead atoms. The Hall–Kier alpha value is -1.68. The lowest BCUT2D eigenvalue weighted by Gasteiger charge is -2.10. The van der Waals surface area contributed by atoms with Gasteiger partial charge in [-0.25, -0.2) is 9.40 Å². The van der Waals surface area contributed by atoms with Gasteiger partial charge in [-0.05, 0) is 12.1 Å². The normalized spacial score (nSPS) is 18.7. The second kappa shape index (κ2) is 4.90.